The Bertz CT molecular complexity index is 646. The Morgan fingerprint density at radius 3 is 2.55 bits per heavy atom. The highest BCUT2D eigenvalue weighted by atomic mass is 16.6. The molecule has 0 bridgehead atoms. The van der Waals surface area contributed by atoms with Crippen molar-refractivity contribution in [1.82, 2.24) is 5.32 Å². The molecule has 22 heavy (non-hydrogen) atoms. The molecule has 2 aromatic carbocycles. The number of hydrogen-bond donors (Lipinski definition) is 3. The van der Waals surface area contributed by atoms with Gasteiger partial charge in [0.1, 0.15) is 5.75 Å². The van der Waals surface area contributed by atoms with Crippen LogP contribution >= 0.6 is 0 Å². The second-order valence-electron chi connectivity index (χ2n) is 5.10. The summed E-state index contributed by atoms with van der Waals surface area (Å²) < 4.78 is 0. The van der Waals surface area contributed by atoms with Crippen molar-refractivity contribution in [2.24, 2.45) is 0 Å². The Balaban J connectivity index is 2.03. The van der Waals surface area contributed by atoms with Crippen molar-refractivity contribution < 1.29 is 15.1 Å². The predicted octanol–water partition coefficient (Wildman–Crippen LogP) is 2.51. The fourth-order valence-corrected chi connectivity index (χ4v) is 2.15. The Morgan fingerprint density at radius 2 is 1.91 bits per heavy atom. The third-order valence-electron chi connectivity index (χ3n) is 3.50. The molecule has 0 fully saturated rings. The third-order valence-corrected chi connectivity index (χ3v) is 3.50. The lowest BCUT2D eigenvalue weighted by Crippen LogP contribution is -2.31. The lowest BCUT2D eigenvalue weighted by molar-refractivity contribution is -0.384. The van der Waals surface area contributed by atoms with Crippen molar-refractivity contribution in [1.29, 1.82) is 0 Å². The van der Waals surface area contributed by atoms with E-state index in [2.05, 4.69) is 5.32 Å². The van der Waals surface area contributed by atoms with E-state index < -0.39 is 11.0 Å². The van der Waals surface area contributed by atoms with Crippen LogP contribution in [0.15, 0.2) is 48.5 Å². The van der Waals surface area contributed by atoms with Crippen LogP contribution in [-0.4, -0.2) is 21.2 Å². The summed E-state index contributed by atoms with van der Waals surface area (Å²) in [6, 6.07) is 12.8. The molecule has 0 amide bonds. The zero-order valence-corrected chi connectivity index (χ0v) is 12.1. The second kappa shape index (κ2) is 7.02. The lowest BCUT2D eigenvalue weighted by atomic mass is 10.0. The van der Waals surface area contributed by atoms with E-state index in [1.807, 2.05) is 37.3 Å². The number of benzene rings is 2. The summed E-state index contributed by atoms with van der Waals surface area (Å²) in [5, 5.41) is 33.8. The minimum Gasteiger partial charge on any atom is -0.508 e. The molecule has 6 nitrogen and oxygen atoms in total. The van der Waals surface area contributed by atoms with E-state index in [0.717, 1.165) is 5.56 Å². The molecule has 0 spiro atoms. The van der Waals surface area contributed by atoms with Gasteiger partial charge in [-0.3, -0.25) is 10.1 Å². The molecule has 0 aliphatic heterocycles. The van der Waals surface area contributed by atoms with Crippen molar-refractivity contribution >= 4 is 5.69 Å². The molecule has 3 N–H and O–H groups in total. The van der Waals surface area contributed by atoms with Gasteiger partial charge in [-0.1, -0.05) is 30.3 Å². The first-order valence-electron chi connectivity index (χ1n) is 6.91. The number of aromatic hydroxyl groups is 1. The van der Waals surface area contributed by atoms with Crippen LogP contribution < -0.4 is 5.32 Å². The lowest BCUT2D eigenvalue weighted by Gasteiger charge is -2.21. The van der Waals surface area contributed by atoms with Gasteiger partial charge in [0.05, 0.1) is 11.0 Å². The van der Waals surface area contributed by atoms with Crippen molar-refractivity contribution in [3.8, 4) is 5.75 Å². The van der Waals surface area contributed by atoms with Gasteiger partial charge in [0.15, 0.2) is 0 Å². The van der Waals surface area contributed by atoms with Crippen LogP contribution in [0.2, 0.25) is 0 Å². The average Bonchev–Trinajstić information content (AvgIpc) is 2.53. The molecule has 116 valence electrons. The van der Waals surface area contributed by atoms with E-state index >= 15 is 0 Å². The molecule has 2 rings (SSSR count). The van der Waals surface area contributed by atoms with Crippen LogP contribution in [-0.2, 0) is 6.54 Å². The number of phenolic OH excluding ortho intramolecular Hbond substituents is 1. The molecule has 0 aromatic heterocycles. The smallest absolute Gasteiger partial charge is 0.270 e. The molecule has 2 atom stereocenters. The van der Waals surface area contributed by atoms with E-state index in [1.165, 1.54) is 18.2 Å². The van der Waals surface area contributed by atoms with E-state index in [9.17, 15) is 20.3 Å². The van der Waals surface area contributed by atoms with E-state index in [0.29, 0.717) is 5.56 Å². The number of aliphatic hydroxyl groups is 1. The highest BCUT2D eigenvalue weighted by Gasteiger charge is 2.17. The van der Waals surface area contributed by atoms with Gasteiger partial charge in [-0.2, -0.15) is 0 Å². The maximum absolute atomic E-state index is 10.8. The number of nitrogens with one attached hydrogen (secondary N) is 1. The first kappa shape index (κ1) is 15.9. The van der Waals surface area contributed by atoms with E-state index in [-0.39, 0.29) is 24.0 Å². The number of rotatable bonds is 6. The van der Waals surface area contributed by atoms with Crippen molar-refractivity contribution in [2.45, 2.75) is 25.6 Å². The first-order valence-corrected chi connectivity index (χ1v) is 6.91. The number of nitrogens with zero attached hydrogens (tertiary/aromatic N) is 1. The summed E-state index contributed by atoms with van der Waals surface area (Å²) in [6.45, 7) is 2.03. The number of nitro benzene ring substituents is 1. The van der Waals surface area contributed by atoms with Crippen LogP contribution in [0.3, 0.4) is 0 Å². The van der Waals surface area contributed by atoms with Crippen LogP contribution in [0.5, 0.6) is 5.75 Å². The fraction of sp³-hybridized carbons (Fsp3) is 0.250. The quantitative estimate of drug-likeness (QED) is 0.563. The molecular weight excluding hydrogens is 284 g/mol. The molecule has 2 aromatic rings. The van der Waals surface area contributed by atoms with Gasteiger partial charge >= 0.3 is 0 Å². The van der Waals surface area contributed by atoms with Gasteiger partial charge in [-0.05, 0) is 18.6 Å². The molecule has 0 saturated heterocycles. The number of aliphatic hydroxyl groups excluding tert-OH is 1. The largest absolute Gasteiger partial charge is 0.508 e. The fourth-order valence-electron chi connectivity index (χ4n) is 2.15. The first-order chi connectivity index (χ1) is 10.5. The molecule has 0 radical (unpaired) electrons. The maximum atomic E-state index is 10.8. The summed E-state index contributed by atoms with van der Waals surface area (Å²) in [5.74, 6) is -0.0144. The monoisotopic (exact) mass is 302 g/mol. The Morgan fingerprint density at radius 1 is 1.23 bits per heavy atom. The standard InChI is InChI=1S/C16H18N2O4/c1-11(16(20)12-5-3-2-4-6-12)17-10-13-9-14(18(21)22)7-8-15(13)19/h2-9,11,16-17,19-20H,10H2,1H3/t11-,16-/m1/s1. The topological polar surface area (TPSA) is 95.6 Å². The van der Waals surface area contributed by atoms with Gasteiger partial charge in [0, 0.05) is 30.3 Å². The number of nitro groups is 1. The molecule has 0 unspecified atom stereocenters. The number of hydrogen-bond acceptors (Lipinski definition) is 5. The van der Waals surface area contributed by atoms with Gasteiger partial charge in [-0.15, -0.1) is 0 Å². The molecule has 6 heteroatoms. The average molecular weight is 302 g/mol. The summed E-state index contributed by atoms with van der Waals surface area (Å²) >= 11 is 0. The van der Waals surface area contributed by atoms with Gasteiger partial charge < -0.3 is 15.5 Å². The highest BCUT2D eigenvalue weighted by Crippen LogP contribution is 2.23. The van der Waals surface area contributed by atoms with Crippen molar-refractivity contribution in [3.05, 3.63) is 69.8 Å². The highest BCUT2D eigenvalue weighted by molar-refractivity contribution is 5.42. The normalized spacial score (nSPS) is 13.5. The molecular formula is C16H18N2O4. The van der Waals surface area contributed by atoms with Crippen LogP contribution in [0.4, 0.5) is 5.69 Å². The molecule has 0 saturated carbocycles. The van der Waals surface area contributed by atoms with Crippen LogP contribution in [0, 0.1) is 10.1 Å². The minimum atomic E-state index is -0.706. The Kier molecular flexibility index (Phi) is 5.08. The van der Waals surface area contributed by atoms with Crippen molar-refractivity contribution in [3.63, 3.8) is 0 Å². The Hall–Kier alpha value is -2.44. The maximum Gasteiger partial charge on any atom is 0.270 e. The van der Waals surface area contributed by atoms with Gasteiger partial charge in [0.25, 0.3) is 5.69 Å². The Labute approximate surface area is 128 Å². The summed E-state index contributed by atoms with van der Waals surface area (Å²) in [5.41, 5.74) is 1.12. The predicted molar refractivity (Wildman–Crippen MR) is 82.5 cm³/mol. The zero-order valence-electron chi connectivity index (χ0n) is 12.1. The van der Waals surface area contributed by atoms with Gasteiger partial charge in [0.2, 0.25) is 0 Å². The number of non-ortho nitro benzene ring substituents is 1. The van der Waals surface area contributed by atoms with Crippen LogP contribution in [0.25, 0.3) is 0 Å². The number of phenols is 1. The molecule has 0 aliphatic carbocycles. The van der Waals surface area contributed by atoms with E-state index in [1.54, 1.807) is 0 Å². The summed E-state index contributed by atoms with van der Waals surface area (Å²) in [4.78, 5) is 10.3. The second-order valence-corrected chi connectivity index (χ2v) is 5.10. The summed E-state index contributed by atoms with van der Waals surface area (Å²) in [6.07, 6.45) is -0.706. The zero-order chi connectivity index (χ0) is 16.1. The minimum absolute atomic E-state index is 0.0144. The summed E-state index contributed by atoms with van der Waals surface area (Å²) in [7, 11) is 0. The van der Waals surface area contributed by atoms with E-state index in [4.69, 9.17) is 0 Å². The van der Waals surface area contributed by atoms with Gasteiger partial charge in [-0.25, -0.2) is 0 Å². The molecule has 0 heterocycles. The molecule has 0 aliphatic rings. The third kappa shape index (κ3) is 3.81. The van der Waals surface area contributed by atoms with Crippen molar-refractivity contribution in [2.75, 3.05) is 0 Å². The van der Waals surface area contributed by atoms with Crippen LogP contribution in [0.1, 0.15) is 24.2 Å². The SMILES string of the molecule is C[C@@H](NCc1cc([N+](=O)[O-])ccc1O)[C@@H](O)c1ccccc1.